The van der Waals surface area contributed by atoms with Crippen LogP contribution in [0.25, 0.3) is 10.8 Å². The summed E-state index contributed by atoms with van der Waals surface area (Å²) < 4.78 is 13.2. The van der Waals surface area contributed by atoms with E-state index in [1.54, 1.807) is 0 Å². The monoisotopic (exact) mass is 478 g/mol. The SMILES string of the molecule is Cc1ccc(C(C)C)c(OCc2nnc(SCC(O)COc3ccc4ccccc4c3)n2N)c1. The lowest BCUT2D eigenvalue weighted by Gasteiger charge is -2.14. The molecule has 3 N–H and O–H groups in total. The van der Waals surface area contributed by atoms with Crippen molar-refractivity contribution in [3.63, 3.8) is 0 Å². The summed E-state index contributed by atoms with van der Waals surface area (Å²) >= 11 is 1.32. The second kappa shape index (κ2) is 10.8. The van der Waals surface area contributed by atoms with Crippen molar-refractivity contribution in [2.75, 3.05) is 18.2 Å². The topological polar surface area (TPSA) is 95.4 Å². The summed E-state index contributed by atoms with van der Waals surface area (Å²) in [6.07, 6.45) is -0.686. The number of aliphatic hydroxyl groups excluding tert-OH is 1. The van der Waals surface area contributed by atoms with Crippen molar-refractivity contribution in [3.8, 4) is 11.5 Å². The number of aryl methyl sites for hydroxylation is 1. The zero-order chi connectivity index (χ0) is 24.1. The van der Waals surface area contributed by atoms with Gasteiger partial charge in [-0.2, -0.15) is 0 Å². The van der Waals surface area contributed by atoms with Gasteiger partial charge in [-0.05, 0) is 52.9 Å². The van der Waals surface area contributed by atoms with Gasteiger partial charge in [0, 0.05) is 5.75 Å². The molecule has 3 aromatic carbocycles. The molecule has 0 saturated carbocycles. The Morgan fingerprint density at radius 3 is 2.59 bits per heavy atom. The van der Waals surface area contributed by atoms with Crippen molar-refractivity contribution < 1.29 is 14.6 Å². The number of aromatic nitrogens is 3. The highest BCUT2D eigenvalue weighted by atomic mass is 32.2. The van der Waals surface area contributed by atoms with Gasteiger partial charge >= 0.3 is 0 Å². The number of rotatable bonds is 10. The minimum atomic E-state index is -0.686. The molecule has 0 spiro atoms. The van der Waals surface area contributed by atoms with Crippen LogP contribution < -0.4 is 15.3 Å². The molecule has 1 atom stereocenters. The molecule has 4 rings (SSSR count). The summed E-state index contributed by atoms with van der Waals surface area (Å²) in [7, 11) is 0. The Hall–Kier alpha value is -3.23. The highest BCUT2D eigenvalue weighted by Crippen LogP contribution is 2.28. The first-order valence-corrected chi connectivity index (χ1v) is 12.2. The molecule has 0 bridgehead atoms. The number of thioether (sulfide) groups is 1. The molecule has 1 aromatic heterocycles. The van der Waals surface area contributed by atoms with Crippen LogP contribution in [-0.4, -0.2) is 38.4 Å². The van der Waals surface area contributed by atoms with E-state index in [1.807, 2.05) is 49.4 Å². The maximum Gasteiger partial charge on any atom is 0.209 e. The van der Waals surface area contributed by atoms with Gasteiger partial charge in [0.15, 0.2) is 5.82 Å². The molecule has 4 aromatic rings. The molecule has 0 aliphatic carbocycles. The van der Waals surface area contributed by atoms with Gasteiger partial charge in [-0.15, -0.1) is 10.2 Å². The van der Waals surface area contributed by atoms with E-state index in [4.69, 9.17) is 15.3 Å². The maximum absolute atomic E-state index is 10.4. The summed E-state index contributed by atoms with van der Waals surface area (Å²) in [6.45, 7) is 6.68. The number of nitrogen functional groups attached to an aromatic ring is 1. The first kappa shape index (κ1) is 23.9. The van der Waals surface area contributed by atoms with E-state index >= 15 is 0 Å². The Bertz CT molecular complexity index is 1260. The van der Waals surface area contributed by atoms with Gasteiger partial charge in [-0.25, -0.2) is 4.68 Å². The normalized spacial score (nSPS) is 12.3. The fraction of sp³-hybridized carbons (Fsp3) is 0.308. The van der Waals surface area contributed by atoms with Gasteiger partial charge in [0.2, 0.25) is 5.16 Å². The largest absolute Gasteiger partial charge is 0.491 e. The maximum atomic E-state index is 10.4. The fourth-order valence-corrected chi connectivity index (χ4v) is 4.34. The molecular formula is C26H30N4O3S. The van der Waals surface area contributed by atoms with Gasteiger partial charge in [-0.1, -0.05) is 68.1 Å². The van der Waals surface area contributed by atoms with Crippen molar-refractivity contribution in [1.29, 1.82) is 0 Å². The molecule has 0 amide bonds. The van der Waals surface area contributed by atoms with Gasteiger partial charge in [0.1, 0.15) is 24.7 Å². The van der Waals surface area contributed by atoms with E-state index in [2.05, 4.69) is 42.2 Å². The third-order valence-corrected chi connectivity index (χ3v) is 6.54. The predicted molar refractivity (Wildman–Crippen MR) is 136 cm³/mol. The Kier molecular flexibility index (Phi) is 7.59. The minimum absolute atomic E-state index is 0.172. The third kappa shape index (κ3) is 5.81. The van der Waals surface area contributed by atoms with Crippen LogP contribution in [0.5, 0.6) is 11.5 Å². The fourth-order valence-electron chi connectivity index (χ4n) is 3.56. The lowest BCUT2D eigenvalue weighted by molar-refractivity contribution is 0.126. The van der Waals surface area contributed by atoms with Crippen LogP contribution in [0.3, 0.4) is 0 Å². The molecule has 0 saturated heterocycles. The van der Waals surface area contributed by atoms with E-state index in [-0.39, 0.29) is 13.2 Å². The number of nitrogens with two attached hydrogens (primary N) is 1. The van der Waals surface area contributed by atoms with Crippen molar-refractivity contribution in [2.24, 2.45) is 0 Å². The molecule has 0 aliphatic rings. The lowest BCUT2D eigenvalue weighted by Crippen LogP contribution is -2.21. The molecule has 1 heterocycles. The number of ether oxygens (including phenoxy) is 2. The van der Waals surface area contributed by atoms with Crippen molar-refractivity contribution >= 4 is 22.5 Å². The van der Waals surface area contributed by atoms with Crippen molar-refractivity contribution in [3.05, 3.63) is 77.6 Å². The van der Waals surface area contributed by atoms with Crippen LogP contribution >= 0.6 is 11.8 Å². The van der Waals surface area contributed by atoms with E-state index in [0.717, 1.165) is 33.4 Å². The number of aliphatic hydroxyl groups is 1. The average molecular weight is 479 g/mol. The highest BCUT2D eigenvalue weighted by Gasteiger charge is 2.15. The molecule has 34 heavy (non-hydrogen) atoms. The summed E-state index contributed by atoms with van der Waals surface area (Å²) in [5, 5.41) is 21.4. The summed E-state index contributed by atoms with van der Waals surface area (Å²) in [6, 6.07) is 20.2. The second-order valence-electron chi connectivity index (χ2n) is 8.54. The number of hydrogen-bond acceptors (Lipinski definition) is 7. The number of benzene rings is 3. The minimum Gasteiger partial charge on any atom is -0.491 e. The third-order valence-electron chi connectivity index (χ3n) is 5.45. The molecule has 7 nitrogen and oxygen atoms in total. The Labute approximate surface area is 203 Å². The average Bonchev–Trinajstić information content (AvgIpc) is 3.18. The van der Waals surface area contributed by atoms with Crippen LogP contribution in [0.15, 0.2) is 65.8 Å². The molecule has 0 radical (unpaired) electrons. The van der Waals surface area contributed by atoms with Gasteiger partial charge < -0.3 is 20.4 Å². The first-order chi connectivity index (χ1) is 16.4. The number of fused-ring (bicyclic) bond motifs is 1. The van der Waals surface area contributed by atoms with E-state index < -0.39 is 6.10 Å². The zero-order valence-corrected chi connectivity index (χ0v) is 20.5. The molecule has 1 unspecified atom stereocenters. The number of nitrogens with zero attached hydrogens (tertiary/aromatic N) is 3. The molecule has 178 valence electrons. The molecule has 8 heteroatoms. The second-order valence-corrected chi connectivity index (χ2v) is 9.53. The van der Waals surface area contributed by atoms with Gasteiger partial charge in [0.05, 0.1) is 6.10 Å². The zero-order valence-electron chi connectivity index (χ0n) is 19.6. The van der Waals surface area contributed by atoms with Gasteiger partial charge in [-0.3, -0.25) is 0 Å². The van der Waals surface area contributed by atoms with Crippen LogP contribution in [0, 0.1) is 6.92 Å². The summed E-state index contributed by atoms with van der Waals surface area (Å²) in [5.74, 6) is 8.96. The van der Waals surface area contributed by atoms with Gasteiger partial charge in [0.25, 0.3) is 0 Å². The quantitative estimate of drug-likeness (QED) is 0.252. The van der Waals surface area contributed by atoms with E-state index in [1.165, 1.54) is 16.4 Å². The summed E-state index contributed by atoms with van der Waals surface area (Å²) in [5.41, 5.74) is 2.27. The van der Waals surface area contributed by atoms with E-state index in [0.29, 0.717) is 22.7 Å². The van der Waals surface area contributed by atoms with Crippen LogP contribution in [0.2, 0.25) is 0 Å². The molecule has 0 aliphatic heterocycles. The number of hydrogen-bond donors (Lipinski definition) is 2. The standard InChI is InChI=1S/C26H30N4O3S/c1-17(2)23-11-8-18(3)12-24(23)33-15-25-28-29-26(30(25)27)34-16-21(31)14-32-22-10-9-19-6-4-5-7-20(19)13-22/h4-13,17,21,31H,14-16,27H2,1-3H3. The summed E-state index contributed by atoms with van der Waals surface area (Å²) in [4.78, 5) is 0. The van der Waals surface area contributed by atoms with Crippen molar-refractivity contribution in [2.45, 2.75) is 44.6 Å². The Morgan fingerprint density at radius 2 is 1.79 bits per heavy atom. The Morgan fingerprint density at radius 1 is 1.00 bits per heavy atom. The van der Waals surface area contributed by atoms with Crippen molar-refractivity contribution in [1.82, 2.24) is 14.9 Å². The Balaban J connectivity index is 1.29. The molecule has 0 fully saturated rings. The van der Waals surface area contributed by atoms with Crippen LogP contribution in [0.1, 0.15) is 36.7 Å². The lowest BCUT2D eigenvalue weighted by atomic mass is 10.0. The van der Waals surface area contributed by atoms with Crippen LogP contribution in [0.4, 0.5) is 0 Å². The predicted octanol–water partition coefficient (Wildman–Crippen LogP) is 4.69. The smallest absolute Gasteiger partial charge is 0.209 e. The highest BCUT2D eigenvalue weighted by molar-refractivity contribution is 7.99. The first-order valence-electron chi connectivity index (χ1n) is 11.3. The van der Waals surface area contributed by atoms with Crippen LogP contribution in [-0.2, 0) is 6.61 Å². The molecular weight excluding hydrogens is 448 g/mol. The van der Waals surface area contributed by atoms with E-state index in [9.17, 15) is 5.11 Å².